The van der Waals surface area contributed by atoms with Crippen LogP contribution in [0.3, 0.4) is 0 Å². The van der Waals surface area contributed by atoms with Gasteiger partial charge in [-0.15, -0.1) is 0 Å². The zero-order chi connectivity index (χ0) is 18.4. The number of piperidine rings is 1. The first-order valence-electron chi connectivity index (χ1n) is 9.16. The third kappa shape index (κ3) is 4.21. The minimum Gasteiger partial charge on any atom is -0.378 e. The molecule has 9 heteroatoms. The maximum absolute atomic E-state index is 5.71. The van der Waals surface area contributed by atoms with E-state index in [9.17, 15) is 0 Å². The number of hydrogen-bond acceptors (Lipinski definition) is 6. The second-order valence-electron chi connectivity index (χ2n) is 6.27. The van der Waals surface area contributed by atoms with Gasteiger partial charge in [-0.05, 0) is 19.8 Å². The maximum Gasteiger partial charge on any atom is 0.193 e. The predicted molar refractivity (Wildman–Crippen MR) is 102 cm³/mol. The summed E-state index contributed by atoms with van der Waals surface area (Å²) in [6.45, 7) is 6.27. The molecule has 142 valence electrons. The van der Waals surface area contributed by atoms with E-state index in [0.717, 1.165) is 68.4 Å². The van der Waals surface area contributed by atoms with Gasteiger partial charge in [0.1, 0.15) is 12.1 Å². The quantitative estimate of drug-likeness (QED) is 0.448. The molecular weight excluding hydrogens is 332 g/mol. The van der Waals surface area contributed by atoms with Crippen LogP contribution in [0.2, 0.25) is 0 Å². The van der Waals surface area contributed by atoms with E-state index in [1.54, 1.807) is 17.2 Å². The van der Waals surface area contributed by atoms with E-state index >= 15 is 0 Å². The molecule has 0 unspecified atom stereocenters. The fraction of sp³-hybridized carbons (Fsp3) is 0.647. The highest BCUT2D eigenvalue weighted by molar-refractivity contribution is 5.86. The summed E-state index contributed by atoms with van der Waals surface area (Å²) in [5.41, 5.74) is 0.823. The van der Waals surface area contributed by atoms with Crippen molar-refractivity contribution in [2.75, 3.05) is 45.2 Å². The standard InChI is InChI=1S/C17H28N8O/c1-4-26-13-5-9-25(10-6-13)17(18-2)20-8-7-19-15-14-11-23-24(3)16(14)22-12-21-15/h11-13H,4-10H2,1-3H3,(H,18,20)(H,19,21,22). The average molecular weight is 360 g/mol. The Morgan fingerprint density at radius 3 is 2.85 bits per heavy atom. The van der Waals surface area contributed by atoms with E-state index in [1.807, 2.05) is 14.1 Å². The van der Waals surface area contributed by atoms with Crippen molar-refractivity contribution in [3.63, 3.8) is 0 Å². The van der Waals surface area contributed by atoms with Gasteiger partial charge in [-0.25, -0.2) is 9.97 Å². The van der Waals surface area contributed by atoms with Gasteiger partial charge in [-0.3, -0.25) is 9.67 Å². The predicted octanol–water partition coefficient (Wildman–Crippen LogP) is 0.852. The number of anilines is 1. The zero-order valence-electron chi connectivity index (χ0n) is 15.8. The fourth-order valence-electron chi connectivity index (χ4n) is 3.26. The number of nitrogens with zero attached hydrogens (tertiary/aromatic N) is 6. The Morgan fingerprint density at radius 1 is 1.31 bits per heavy atom. The van der Waals surface area contributed by atoms with Gasteiger partial charge in [-0.1, -0.05) is 0 Å². The molecule has 1 fully saturated rings. The molecule has 2 aromatic rings. The lowest BCUT2D eigenvalue weighted by Crippen LogP contribution is -2.47. The lowest BCUT2D eigenvalue weighted by Gasteiger charge is -2.34. The summed E-state index contributed by atoms with van der Waals surface area (Å²) in [6, 6.07) is 0. The Labute approximate surface area is 153 Å². The van der Waals surface area contributed by atoms with Crippen LogP contribution in [0.25, 0.3) is 11.0 Å². The van der Waals surface area contributed by atoms with E-state index in [-0.39, 0.29) is 0 Å². The molecule has 3 rings (SSSR count). The Morgan fingerprint density at radius 2 is 2.12 bits per heavy atom. The van der Waals surface area contributed by atoms with Crippen molar-refractivity contribution in [1.82, 2.24) is 30.0 Å². The molecule has 0 bridgehead atoms. The summed E-state index contributed by atoms with van der Waals surface area (Å²) in [4.78, 5) is 15.3. The minimum atomic E-state index is 0.385. The Balaban J connectivity index is 1.46. The van der Waals surface area contributed by atoms with E-state index in [1.165, 1.54) is 0 Å². The van der Waals surface area contributed by atoms with Gasteiger partial charge in [0.2, 0.25) is 0 Å². The van der Waals surface area contributed by atoms with Crippen LogP contribution in [0.1, 0.15) is 19.8 Å². The number of likely N-dealkylation sites (tertiary alicyclic amines) is 1. The molecule has 0 atom stereocenters. The van der Waals surface area contributed by atoms with Crippen molar-refractivity contribution in [1.29, 1.82) is 0 Å². The Hall–Kier alpha value is -2.42. The van der Waals surface area contributed by atoms with Gasteiger partial charge in [0.05, 0.1) is 17.7 Å². The summed E-state index contributed by atoms with van der Waals surface area (Å²) in [5, 5.41) is 11.9. The molecule has 2 aromatic heterocycles. The summed E-state index contributed by atoms with van der Waals surface area (Å²) in [5.74, 6) is 1.74. The number of aryl methyl sites for hydroxylation is 1. The molecule has 1 aliphatic heterocycles. The first-order valence-corrected chi connectivity index (χ1v) is 9.16. The first kappa shape index (κ1) is 18.4. The molecule has 9 nitrogen and oxygen atoms in total. The summed E-state index contributed by atoms with van der Waals surface area (Å²) in [6.07, 6.45) is 5.82. The van der Waals surface area contributed by atoms with Gasteiger partial charge in [-0.2, -0.15) is 5.10 Å². The number of aromatic nitrogens is 4. The van der Waals surface area contributed by atoms with Gasteiger partial charge < -0.3 is 20.3 Å². The maximum atomic E-state index is 5.71. The normalized spacial score (nSPS) is 16.3. The van der Waals surface area contributed by atoms with Crippen molar-refractivity contribution in [2.24, 2.45) is 12.0 Å². The van der Waals surface area contributed by atoms with Crippen LogP contribution >= 0.6 is 0 Å². The van der Waals surface area contributed by atoms with E-state index in [2.05, 4.69) is 42.5 Å². The SMILES string of the molecule is CCOC1CCN(C(=NC)NCCNc2ncnc3c2cnn3C)CC1. The number of nitrogens with one attached hydrogen (secondary N) is 2. The average Bonchev–Trinajstić information content (AvgIpc) is 3.05. The van der Waals surface area contributed by atoms with Gasteiger partial charge in [0.15, 0.2) is 11.6 Å². The highest BCUT2D eigenvalue weighted by atomic mass is 16.5. The third-order valence-corrected chi connectivity index (χ3v) is 4.59. The highest BCUT2D eigenvalue weighted by Crippen LogP contribution is 2.17. The number of hydrogen-bond donors (Lipinski definition) is 2. The molecule has 0 aliphatic carbocycles. The van der Waals surface area contributed by atoms with Crippen LogP contribution in [-0.4, -0.2) is 76.5 Å². The molecule has 0 spiro atoms. The summed E-state index contributed by atoms with van der Waals surface area (Å²) in [7, 11) is 3.70. The van der Waals surface area contributed by atoms with Gasteiger partial charge in [0, 0.05) is 46.9 Å². The summed E-state index contributed by atoms with van der Waals surface area (Å²) < 4.78 is 7.46. The second-order valence-corrected chi connectivity index (χ2v) is 6.27. The lowest BCUT2D eigenvalue weighted by molar-refractivity contribution is 0.0264. The third-order valence-electron chi connectivity index (χ3n) is 4.59. The second kappa shape index (κ2) is 8.79. The minimum absolute atomic E-state index is 0.385. The molecule has 2 N–H and O–H groups in total. The molecule has 0 radical (unpaired) electrons. The number of aliphatic imine (C=N–C) groups is 1. The number of rotatable bonds is 6. The molecule has 0 saturated carbocycles. The monoisotopic (exact) mass is 360 g/mol. The van der Waals surface area contributed by atoms with Gasteiger partial charge in [0.25, 0.3) is 0 Å². The smallest absolute Gasteiger partial charge is 0.193 e. The Bertz CT molecular complexity index is 735. The first-order chi connectivity index (χ1) is 12.7. The van der Waals surface area contributed by atoms with E-state index in [0.29, 0.717) is 6.10 Å². The molecule has 3 heterocycles. The molecular formula is C17H28N8O. The summed E-state index contributed by atoms with van der Waals surface area (Å²) >= 11 is 0. The van der Waals surface area contributed by atoms with E-state index in [4.69, 9.17) is 4.74 Å². The van der Waals surface area contributed by atoms with Crippen LogP contribution < -0.4 is 10.6 Å². The van der Waals surface area contributed by atoms with Crippen molar-refractivity contribution in [2.45, 2.75) is 25.9 Å². The van der Waals surface area contributed by atoms with Crippen molar-refractivity contribution in [3.05, 3.63) is 12.5 Å². The van der Waals surface area contributed by atoms with Crippen LogP contribution in [0.15, 0.2) is 17.5 Å². The lowest BCUT2D eigenvalue weighted by atomic mass is 10.1. The largest absolute Gasteiger partial charge is 0.378 e. The van der Waals surface area contributed by atoms with Crippen molar-refractivity contribution in [3.8, 4) is 0 Å². The van der Waals surface area contributed by atoms with Gasteiger partial charge >= 0.3 is 0 Å². The fourth-order valence-corrected chi connectivity index (χ4v) is 3.26. The highest BCUT2D eigenvalue weighted by Gasteiger charge is 2.21. The van der Waals surface area contributed by atoms with Crippen LogP contribution in [-0.2, 0) is 11.8 Å². The number of guanidine groups is 1. The number of fused-ring (bicyclic) bond motifs is 1. The molecule has 0 aromatic carbocycles. The van der Waals surface area contributed by atoms with Crippen LogP contribution in [0.5, 0.6) is 0 Å². The molecule has 0 amide bonds. The van der Waals surface area contributed by atoms with E-state index < -0.39 is 0 Å². The van der Waals surface area contributed by atoms with Crippen LogP contribution in [0.4, 0.5) is 5.82 Å². The Kier molecular flexibility index (Phi) is 6.21. The van der Waals surface area contributed by atoms with Crippen molar-refractivity contribution < 1.29 is 4.74 Å². The molecule has 1 aliphatic rings. The molecule has 1 saturated heterocycles. The zero-order valence-corrected chi connectivity index (χ0v) is 15.8. The number of ether oxygens (including phenoxy) is 1. The molecule has 26 heavy (non-hydrogen) atoms. The van der Waals surface area contributed by atoms with Crippen molar-refractivity contribution >= 4 is 22.8 Å². The van der Waals surface area contributed by atoms with Crippen LogP contribution in [0, 0.1) is 0 Å². The topological polar surface area (TPSA) is 92.5 Å².